The maximum Gasteiger partial charge on any atom is 0.224 e. The number of nitrogens with zero attached hydrogens (tertiary/aromatic N) is 2. The molecule has 5 heteroatoms. The molecule has 2 aromatic rings. The second-order valence-electron chi connectivity index (χ2n) is 6.96. The lowest BCUT2D eigenvalue weighted by Gasteiger charge is -2.14. The molecule has 1 N–H and O–H groups in total. The van der Waals surface area contributed by atoms with Crippen molar-refractivity contribution in [1.82, 2.24) is 9.78 Å². The van der Waals surface area contributed by atoms with Crippen molar-refractivity contribution in [2.75, 3.05) is 12.4 Å². The van der Waals surface area contributed by atoms with Crippen molar-refractivity contribution in [3.8, 4) is 5.75 Å². The standard InChI is InChI=1S/C20H29N3O2/c1-13(2)23-16(5)20(15(4)22-23)21-19(24)12-14(3)11-17-9-7-8-10-18(17)25-6/h7-10,13-14H,11-12H2,1-6H3,(H,21,24)/t14-/m0/s1. The molecule has 25 heavy (non-hydrogen) atoms. The Hall–Kier alpha value is -2.30. The number of carbonyl (C=O) groups excluding carboxylic acids is 1. The van der Waals surface area contributed by atoms with Crippen LogP contribution >= 0.6 is 0 Å². The van der Waals surface area contributed by atoms with Gasteiger partial charge >= 0.3 is 0 Å². The van der Waals surface area contributed by atoms with Gasteiger partial charge in [-0.3, -0.25) is 9.48 Å². The predicted octanol–water partition coefficient (Wildman–Crippen LogP) is 4.30. The first-order valence-corrected chi connectivity index (χ1v) is 8.80. The summed E-state index contributed by atoms with van der Waals surface area (Å²) in [6.07, 6.45) is 1.27. The lowest BCUT2D eigenvalue weighted by Crippen LogP contribution is -2.17. The van der Waals surface area contributed by atoms with Crippen molar-refractivity contribution >= 4 is 11.6 Å². The van der Waals surface area contributed by atoms with Gasteiger partial charge in [-0.2, -0.15) is 5.10 Å². The number of carbonyl (C=O) groups is 1. The third kappa shape index (κ3) is 4.62. The van der Waals surface area contributed by atoms with Crippen molar-refractivity contribution in [3.05, 3.63) is 41.2 Å². The van der Waals surface area contributed by atoms with E-state index in [-0.39, 0.29) is 17.9 Å². The van der Waals surface area contributed by atoms with E-state index in [1.807, 2.05) is 42.8 Å². The van der Waals surface area contributed by atoms with Gasteiger partial charge in [-0.05, 0) is 51.7 Å². The molecule has 1 aromatic heterocycles. The van der Waals surface area contributed by atoms with E-state index < -0.39 is 0 Å². The van der Waals surface area contributed by atoms with Crippen LogP contribution in [-0.2, 0) is 11.2 Å². The first-order valence-electron chi connectivity index (χ1n) is 8.80. The fraction of sp³-hybridized carbons (Fsp3) is 0.500. The molecule has 0 unspecified atom stereocenters. The van der Waals surface area contributed by atoms with Crippen molar-refractivity contribution in [2.24, 2.45) is 5.92 Å². The number of amides is 1. The molecule has 0 aliphatic heterocycles. The van der Waals surface area contributed by atoms with E-state index in [0.717, 1.165) is 34.8 Å². The number of hydrogen-bond donors (Lipinski definition) is 1. The summed E-state index contributed by atoms with van der Waals surface area (Å²) >= 11 is 0. The summed E-state index contributed by atoms with van der Waals surface area (Å²) in [5.74, 6) is 1.12. The van der Waals surface area contributed by atoms with Gasteiger partial charge in [-0.25, -0.2) is 0 Å². The van der Waals surface area contributed by atoms with E-state index in [4.69, 9.17) is 4.74 Å². The fourth-order valence-electron chi connectivity index (χ4n) is 3.17. The summed E-state index contributed by atoms with van der Waals surface area (Å²) in [6, 6.07) is 8.23. The zero-order chi connectivity index (χ0) is 18.6. The second-order valence-corrected chi connectivity index (χ2v) is 6.96. The summed E-state index contributed by atoms with van der Waals surface area (Å²) in [5.41, 5.74) is 3.82. The van der Waals surface area contributed by atoms with Crippen LogP contribution in [-0.4, -0.2) is 22.8 Å². The summed E-state index contributed by atoms with van der Waals surface area (Å²) in [6.45, 7) is 10.2. The van der Waals surface area contributed by atoms with E-state index in [9.17, 15) is 4.79 Å². The van der Waals surface area contributed by atoms with Crippen molar-refractivity contribution in [3.63, 3.8) is 0 Å². The minimum Gasteiger partial charge on any atom is -0.496 e. The van der Waals surface area contributed by atoms with Gasteiger partial charge in [0.2, 0.25) is 5.91 Å². The van der Waals surface area contributed by atoms with Gasteiger partial charge in [0.15, 0.2) is 0 Å². The fourth-order valence-corrected chi connectivity index (χ4v) is 3.17. The lowest BCUT2D eigenvalue weighted by atomic mass is 9.97. The number of anilines is 1. The first kappa shape index (κ1) is 19.0. The number of aryl methyl sites for hydroxylation is 1. The summed E-state index contributed by atoms with van der Waals surface area (Å²) < 4.78 is 7.34. The normalized spacial score (nSPS) is 12.3. The molecule has 1 aromatic carbocycles. The zero-order valence-electron chi connectivity index (χ0n) is 16.1. The van der Waals surface area contributed by atoms with Crippen LogP contribution in [0.1, 0.15) is 50.2 Å². The van der Waals surface area contributed by atoms with E-state index >= 15 is 0 Å². The Morgan fingerprint density at radius 2 is 1.92 bits per heavy atom. The van der Waals surface area contributed by atoms with Crippen LogP contribution in [0.5, 0.6) is 5.75 Å². The molecular formula is C20H29N3O2. The maximum absolute atomic E-state index is 12.5. The molecule has 0 spiro atoms. The van der Waals surface area contributed by atoms with Crippen LogP contribution in [0.3, 0.4) is 0 Å². The Kier molecular flexibility index (Phi) is 6.23. The number of rotatable bonds is 7. The molecule has 0 saturated heterocycles. The minimum absolute atomic E-state index is 0.0249. The average Bonchev–Trinajstić information content (AvgIpc) is 2.83. The van der Waals surface area contributed by atoms with E-state index in [0.29, 0.717) is 6.42 Å². The van der Waals surface area contributed by atoms with Crippen LogP contribution in [0.25, 0.3) is 0 Å². The van der Waals surface area contributed by atoms with Crippen molar-refractivity contribution < 1.29 is 9.53 Å². The quantitative estimate of drug-likeness (QED) is 0.815. The smallest absolute Gasteiger partial charge is 0.224 e. The molecule has 0 aliphatic carbocycles. The molecule has 0 radical (unpaired) electrons. The van der Waals surface area contributed by atoms with E-state index in [1.54, 1.807) is 7.11 Å². The number of methoxy groups -OCH3 is 1. The third-order valence-corrected chi connectivity index (χ3v) is 4.37. The van der Waals surface area contributed by atoms with Crippen LogP contribution in [0.4, 0.5) is 5.69 Å². The van der Waals surface area contributed by atoms with Crippen LogP contribution in [0.2, 0.25) is 0 Å². The molecule has 5 nitrogen and oxygen atoms in total. The minimum atomic E-state index is 0.0249. The molecule has 2 rings (SSSR count). The second kappa shape index (κ2) is 8.19. The molecule has 0 aliphatic rings. The van der Waals surface area contributed by atoms with Crippen LogP contribution in [0.15, 0.2) is 24.3 Å². The van der Waals surface area contributed by atoms with E-state index in [1.165, 1.54) is 0 Å². The number of benzene rings is 1. The first-order chi connectivity index (χ1) is 11.8. The van der Waals surface area contributed by atoms with Gasteiger partial charge in [0, 0.05) is 12.5 Å². The Labute approximate surface area is 150 Å². The highest BCUT2D eigenvalue weighted by Gasteiger charge is 2.17. The van der Waals surface area contributed by atoms with Gasteiger partial charge in [0.05, 0.1) is 24.2 Å². The maximum atomic E-state index is 12.5. The highest BCUT2D eigenvalue weighted by atomic mass is 16.5. The molecule has 1 heterocycles. The average molecular weight is 343 g/mol. The summed E-state index contributed by atoms with van der Waals surface area (Å²) in [4.78, 5) is 12.5. The molecule has 1 atom stereocenters. The Morgan fingerprint density at radius 1 is 1.24 bits per heavy atom. The third-order valence-electron chi connectivity index (χ3n) is 4.37. The number of para-hydroxylation sites is 1. The monoisotopic (exact) mass is 343 g/mol. The molecule has 1 amide bonds. The molecule has 0 saturated carbocycles. The van der Waals surface area contributed by atoms with E-state index in [2.05, 4.69) is 31.2 Å². The number of hydrogen-bond acceptors (Lipinski definition) is 3. The highest BCUT2D eigenvalue weighted by molar-refractivity contribution is 5.92. The molecule has 0 bridgehead atoms. The molecule has 136 valence electrons. The SMILES string of the molecule is COc1ccccc1C[C@H](C)CC(=O)Nc1c(C)nn(C(C)C)c1C. The predicted molar refractivity (Wildman–Crippen MR) is 101 cm³/mol. The summed E-state index contributed by atoms with van der Waals surface area (Å²) in [7, 11) is 1.67. The van der Waals surface area contributed by atoms with Crippen molar-refractivity contribution in [1.29, 1.82) is 0 Å². The van der Waals surface area contributed by atoms with Crippen LogP contribution < -0.4 is 10.1 Å². The lowest BCUT2D eigenvalue weighted by molar-refractivity contribution is -0.117. The van der Waals surface area contributed by atoms with Gasteiger partial charge in [-0.1, -0.05) is 25.1 Å². The Balaban J connectivity index is 2.01. The van der Waals surface area contributed by atoms with Gasteiger partial charge in [0.25, 0.3) is 0 Å². The topological polar surface area (TPSA) is 56.1 Å². The number of aromatic nitrogens is 2. The number of ether oxygens (including phenoxy) is 1. The van der Waals surface area contributed by atoms with Crippen molar-refractivity contribution in [2.45, 2.75) is 53.5 Å². The summed E-state index contributed by atoms with van der Waals surface area (Å²) in [5, 5.41) is 7.56. The highest BCUT2D eigenvalue weighted by Crippen LogP contribution is 2.25. The van der Waals surface area contributed by atoms with Crippen LogP contribution in [0, 0.1) is 19.8 Å². The van der Waals surface area contributed by atoms with Gasteiger partial charge < -0.3 is 10.1 Å². The Bertz CT molecular complexity index is 735. The van der Waals surface area contributed by atoms with Gasteiger partial charge in [0.1, 0.15) is 5.75 Å². The molecule has 0 fully saturated rings. The van der Waals surface area contributed by atoms with Gasteiger partial charge in [-0.15, -0.1) is 0 Å². The Morgan fingerprint density at radius 3 is 2.52 bits per heavy atom. The number of nitrogens with one attached hydrogen (secondary N) is 1. The zero-order valence-corrected chi connectivity index (χ0v) is 16.1. The largest absolute Gasteiger partial charge is 0.496 e. The molecular weight excluding hydrogens is 314 g/mol.